The predicted octanol–water partition coefficient (Wildman–Crippen LogP) is 2.31. The van der Waals surface area contributed by atoms with Gasteiger partial charge in [0.1, 0.15) is 5.82 Å². The molecule has 1 aromatic carbocycles. The van der Waals surface area contributed by atoms with Crippen LogP contribution < -0.4 is 15.8 Å². The van der Waals surface area contributed by atoms with Crippen LogP contribution in [0, 0.1) is 0 Å². The number of nitrogens with two attached hydrogens (primary N) is 1. The lowest BCUT2D eigenvalue weighted by Crippen LogP contribution is -2.15. The van der Waals surface area contributed by atoms with Crippen LogP contribution in [0.4, 0.5) is 11.5 Å². The van der Waals surface area contributed by atoms with Crippen molar-refractivity contribution in [3.8, 4) is 5.75 Å². The number of aromatic nitrogens is 1. The zero-order chi connectivity index (χ0) is 13.7. The number of rotatable bonds is 4. The summed E-state index contributed by atoms with van der Waals surface area (Å²) < 4.78 is 5.42. The van der Waals surface area contributed by atoms with Crippen molar-refractivity contribution in [1.29, 1.82) is 0 Å². The fourth-order valence-electron chi connectivity index (χ4n) is 1.66. The quantitative estimate of drug-likeness (QED) is 0.824. The van der Waals surface area contributed by atoms with Gasteiger partial charge in [-0.2, -0.15) is 0 Å². The third-order valence-corrected chi connectivity index (χ3v) is 2.49. The van der Waals surface area contributed by atoms with Crippen LogP contribution in [-0.2, 0) is 0 Å². The second-order valence-electron chi connectivity index (χ2n) is 3.83. The van der Waals surface area contributed by atoms with Crippen molar-refractivity contribution in [3.63, 3.8) is 0 Å². The molecule has 0 aliphatic carbocycles. The standard InChI is InChI=1S/C14H15N3O2/c1-2-19-13-10(6-5-7-11(13)15)14(18)17-12-8-3-4-9-16-12/h3-9H,2,15H2,1H3,(H,16,17,18). The number of carbonyl (C=O) groups is 1. The van der Waals surface area contributed by atoms with E-state index in [9.17, 15) is 4.79 Å². The minimum Gasteiger partial charge on any atom is -0.491 e. The van der Waals surface area contributed by atoms with Gasteiger partial charge in [0.2, 0.25) is 0 Å². The van der Waals surface area contributed by atoms with Gasteiger partial charge >= 0.3 is 0 Å². The molecule has 0 aliphatic heterocycles. The molecule has 2 aromatic rings. The average Bonchev–Trinajstić information content (AvgIpc) is 2.42. The molecule has 0 atom stereocenters. The second-order valence-corrected chi connectivity index (χ2v) is 3.83. The zero-order valence-electron chi connectivity index (χ0n) is 10.6. The third kappa shape index (κ3) is 3.01. The number of anilines is 2. The monoisotopic (exact) mass is 257 g/mol. The first-order valence-electron chi connectivity index (χ1n) is 5.96. The summed E-state index contributed by atoms with van der Waals surface area (Å²) in [6.45, 7) is 2.28. The van der Waals surface area contributed by atoms with E-state index in [-0.39, 0.29) is 5.91 Å². The molecule has 2 rings (SSSR count). The Morgan fingerprint density at radius 2 is 2.16 bits per heavy atom. The van der Waals surface area contributed by atoms with Crippen LogP contribution in [0.3, 0.4) is 0 Å². The molecular weight excluding hydrogens is 242 g/mol. The number of pyridine rings is 1. The van der Waals surface area contributed by atoms with E-state index in [0.717, 1.165) is 0 Å². The van der Waals surface area contributed by atoms with Gasteiger partial charge in [0.25, 0.3) is 5.91 Å². The van der Waals surface area contributed by atoms with Crippen molar-refractivity contribution < 1.29 is 9.53 Å². The molecule has 0 saturated carbocycles. The Morgan fingerprint density at radius 1 is 1.32 bits per heavy atom. The Hall–Kier alpha value is -2.56. The summed E-state index contributed by atoms with van der Waals surface area (Å²) in [5.41, 5.74) is 6.65. The van der Waals surface area contributed by atoms with Crippen molar-refractivity contribution in [3.05, 3.63) is 48.2 Å². The molecular formula is C14H15N3O2. The van der Waals surface area contributed by atoms with E-state index >= 15 is 0 Å². The van der Waals surface area contributed by atoms with Crippen LogP contribution in [-0.4, -0.2) is 17.5 Å². The van der Waals surface area contributed by atoms with Crippen LogP contribution in [0.25, 0.3) is 0 Å². The molecule has 5 heteroatoms. The fourth-order valence-corrected chi connectivity index (χ4v) is 1.66. The highest BCUT2D eigenvalue weighted by atomic mass is 16.5. The highest BCUT2D eigenvalue weighted by molar-refractivity contribution is 6.06. The largest absolute Gasteiger partial charge is 0.491 e. The van der Waals surface area contributed by atoms with Gasteiger partial charge in [-0.1, -0.05) is 12.1 Å². The summed E-state index contributed by atoms with van der Waals surface area (Å²) in [5.74, 6) is 0.588. The number of para-hydroxylation sites is 1. The van der Waals surface area contributed by atoms with E-state index < -0.39 is 0 Å². The maximum Gasteiger partial charge on any atom is 0.260 e. The van der Waals surface area contributed by atoms with Gasteiger partial charge in [0, 0.05) is 6.20 Å². The van der Waals surface area contributed by atoms with Gasteiger partial charge in [0.15, 0.2) is 5.75 Å². The Morgan fingerprint density at radius 3 is 2.84 bits per heavy atom. The fraction of sp³-hybridized carbons (Fsp3) is 0.143. The predicted molar refractivity (Wildman–Crippen MR) is 74.2 cm³/mol. The Labute approximate surface area is 111 Å². The topological polar surface area (TPSA) is 77.2 Å². The van der Waals surface area contributed by atoms with E-state index in [1.807, 2.05) is 6.92 Å². The molecule has 5 nitrogen and oxygen atoms in total. The lowest BCUT2D eigenvalue weighted by Gasteiger charge is -2.12. The number of amides is 1. The molecule has 1 aromatic heterocycles. The van der Waals surface area contributed by atoms with Crippen LogP contribution in [0.15, 0.2) is 42.6 Å². The summed E-state index contributed by atoms with van der Waals surface area (Å²) in [6.07, 6.45) is 1.61. The van der Waals surface area contributed by atoms with Crippen molar-refractivity contribution >= 4 is 17.4 Å². The van der Waals surface area contributed by atoms with E-state index in [0.29, 0.717) is 29.4 Å². The van der Waals surface area contributed by atoms with Crippen molar-refractivity contribution in [2.24, 2.45) is 0 Å². The summed E-state index contributed by atoms with van der Waals surface area (Å²) in [4.78, 5) is 16.2. The Balaban J connectivity index is 2.26. The number of nitrogen functional groups attached to an aromatic ring is 1. The molecule has 0 radical (unpaired) electrons. The molecule has 98 valence electrons. The lowest BCUT2D eigenvalue weighted by atomic mass is 10.1. The number of benzene rings is 1. The first-order chi connectivity index (χ1) is 9.22. The Bertz CT molecular complexity index is 570. The number of hydrogen-bond acceptors (Lipinski definition) is 4. The molecule has 1 heterocycles. The number of carbonyl (C=O) groups excluding carboxylic acids is 1. The number of nitrogens with zero attached hydrogens (tertiary/aromatic N) is 1. The summed E-state index contributed by atoms with van der Waals surface area (Å²) >= 11 is 0. The minimum absolute atomic E-state index is 0.297. The van der Waals surface area contributed by atoms with E-state index in [4.69, 9.17) is 10.5 Å². The third-order valence-electron chi connectivity index (χ3n) is 2.49. The SMILES string of the molecule is CCOc1c(N)cccc1C(=O)Nc1ccccn1. The molecule has 0 unspecified atom stereocenters. The first kappa shape index (κ1) is 12.9. The molecule has 19 heavy (non-hydrogen) atoms. The summed E-state index contributed by atoms with van der Waals surface area (Å²) in [5, 5.41) is 2.70. The summed E-state index contributed by atoms with van der Waals surface area (Å²) in [6, 6.07) is 10.4. The lowest BCUT2D eigenvalue weighted by molar-refractivity contribution is 0.102. The van der Waals surface area contributed by atoms with Gasteiger partial charge in [0.05, 0.1) is 17.9 Å². The van der Waals surface area contributed by atoms with Crippen molar-refractivity contribution in [2.45, 2.75) is 6.92 Å². The molecule has 0 fully saturated rings. The van der Waals surface area contributed by atoms with Gasteiger partial charge in [-0.25, -0.2) is 4.98 Å². The molecule has 0 spiro atoms. The van der Waals surface area contributed by atoms with E-state index in [1.54, 1.807) is 42.6 Å². The molecule has 0 bridgehead atoms. The Kier molecular flexibility index (Phi) is 3.97. The zero-order valence-corrected chi connectivity index (χ0v) is 10.6. The average molecular weight is 257 g/mol. The highest BCUT2D eigenvalue weighted by Gasteiger charge is 2.15. The van der Waals surface area contributed by atoms with Crippen LogP contribution in [0.1, 0.15) is 17.3 Å². The van der Waals surface area contributed by atoms with Gasteiger partial charge in [-0.3, -0.25) is 4.79 Å². The maximum absolute atomic E-state index is 12.2. The molecule has 0 saturated heterocycles. The van der Waals surface area contributed by atoms with Crippen LogP contribution in [0.2, 0.25) is 0 Å². The number of hydrogen-bond donors (Lipinski definition) is 2. The van der Waals surface area contributed by atoms with Crippen LogP contribution in [0.5, 0.6) is 5.75 Å². The van der Waals surface area contributed by atoms with E-state index in [2.05, 4.69) is 10.3 Å². The van der Waals surface area contributed by atoms with E-state index in [1.165, 1.54) is 0 Å². The molecule has 0 aliphatic rings. The minimum atomic E-state index is -0.297. The number of ether oxygens (including phenoxy) is 1. The summed E-state index contributed by atoms with van der Waals surface area (Å²) in [7, 11) is 0. The van der Waals surface area contributed by atoms with Crippen LogP contribution >= 0.6 is 0 Å². The smallest absolute Gasteiger partial charge is 0.260 e. The van der Waals surface area contributed by atoms with Gasteiger partial charge < -0.3 is 15.8 Å². The van der Waals surface area contributed by atoms with Crippen molar-refractivity contribution in [2.75, 3.05) is 17.7 Å². The second kappa shape index (κ2) is 5.86. The molecule has 1 amide bonds. The maximum atomic E-state index is 12.2. The number of nitrogens with one attached hydrogen (secondary N) is 1. The van der Waals surface area contributed by atoms with Gasteiger partial charge in [-0.15, -0.1) is 0 Å². The molecule has 3 N–H and O–H groups in total. The first-order valence-corrected chi connectivity index (χ1v) is 5.96. The van der Waals surface area contributed by atoms with Gasteiger partial charge in [-0.05, 0) is 31.2 Å². The van der Waals surface area contributed by atoms with Crippen molar-refractivity contribution in [1.82, 2.24) is 4.98 Å². The normalized spacial score (nSPS) is 9.95. The highest BCUT2D eigenvalue weighted by Crippen LogP contribution is 2.26.